The summed E-state index contributed by atoms with van der Waals surface area (Å²) in [5.74, 6) is -1.77. The number of hydrogen-bond donors (Lipinski definition) is 0. The molecule has 0 saturated carbocycles. The first-order chi connectivity index (χ1) is 9.51. The fourth-order valence-electron chi connectivity index (χ4n) is 1.87. The van der Waals surface area contributed by atoms with Crippen LogP contribution < -0.4 is 0 Å². The van der Waals surface area contributed by atoms with Crippen molar-refractivity contribution in [3.05, 3.63) is 0 Å². The van der Waals surface area contributed by atoms with Gasteiger partial charge in [-0.05, 0) is 6.92 Å². The number of rotatable bonds is 3. The fourth-order valence-corrected chi connectivity index (χ4v) is 1.87. The average molecular weight is 318 g/mol. The summed E-state index contributed by atoms with van der Waals surface area (Å²) in [7, 11) is 0. The number of halogens is 4. The first-order valence-electron chi connectivity index (χ1n) is 5.89. The van der Waals surface area contributed by atoms with Gasteiger partial charge in [-0.25, -0.2) is 4.39 Å². The van der Waals surface area contributed by atoms with E-state index in [0.717, 1.165) is 13.8 Å². The van der Waals surface area contributed by atoms with E-state index in [1.165, 1.54) is 6.92 Å². The summed E-state index contributed by atoms with van der Waals surface area (Å²) in [5.41, 5.74) is 0. The van der Waals surface area contributed by atoms with Crippen LogP contribution in [0.3, 0.4) is 0 Å². The molecule has 1 heterocycles. The number of ether oxygens (including phenoxy) is 4. The van der Waals surface area contributed by atoms with E-state index in [9.17, 15) is 27.2 Å². The van der Waals surface area contributed by atoms with Crippen molar-refractivity contribution in [2.24, 2.45) is 0 Å². The molecule has 0 radical (unpaired) electrons. The molecule has 0 unspecified atom stereocenters. The Morgan fingerprint density at radius 2 is 1.52 bits per heavy atom. The Balaban J connectivity index is 2.95. The minimum atomic E-state index is -5.14. The van der Waals surface area contributed by atoms with Gasteiger partial charge in [0.25, 0.3) is 0 Å². The van der Waals surface area contributed by atoms with Crippen LogP contribution in [0.25, 0.3) is 0 Å². The van der Waals surface area contributed by atoms with Gasteiger partial charge in [-0.2, -0.15) is 0 Å². The maximum atomic E-state index is 14.1. The number of carbonyl (C=O) groups excluding carboxylic acids is 2. The predicted molar refractivity (Wildman–Crippen MR) is 57.5 cm³/mol. The van der Waals surface area contributed by atoms with Gasteiger partial charge >= 0.3 is 18.3 Å². The zero-order chi connectivity index (χ0) is 16.4. The van der Waals surface area contributed by atoms with Gasteiger partial charge in [-0.15, -0.1) is 13.2 Å². The molecule has 1 saturated heterocycles. The molecule has 0 aromatic carbocycles. The normalized spacial score (nSPS) is 33.4. The van der Waals surface area contributed by atoms with Gasteiger partial charge < -0.3 is 14.2 Å². The number of carbonyl (C=O) groups is 2. The zero-order valence-corrected chi connectivity index (χ0v) is 11.3. The van der Waals surface area contributed by atoms with Crippen molar-refractivity contribution >= 4 is 11.9 Å². The van der Waals surface area contributed by atoms with E-state index in [1.54, 1.807) is 0 Å². The van der Waals surface area contributed by atoms with Crippen LogP contribution in [0.5, 0.6) is 0 Å². The molecule has 0 aromatic rings. The van der Waals surface area contributed by atoms with Crippen LogP contribution in [0, 0.1) is 0 Å². The Morgan fingerprint density at radius 3 is 1.95 bits per heavy atom. The smallest absolute Gasteiger partial charge is 0.456 e. The Hall–Kier alpha value is -1.42. The van der Waals surface area contributed by atoms with Gasteiger partial charge in [-0.3, -0.25) is 14.3 Å². The lowest BCUT2D eigenvalue weighted by molar-refractivity contribution is -0.408. The highest BCUT2D eigenvalue weighted by Gasteiger charge is 2.52. The van der Waals surface area contributed by atoms with Crippen molar-refractivity contribution in [2.45, 2.75) is 57.9 Å². The third-order valence-corrected chi connectivity index (χ3v) is 2.56. The van der Waals surface area contributed by atoms with E-state index >= 15 is 0 Å². The van der Waals surface area contributed by atoms with Crippen molar-refractivity contribution in [3.8, 4) is 0 Å². The quantitative estimate of drug-likeness (QED) is 0.580. The van der Waals surface area contributed by atoms with Gasteiger partial charge in [-0.1, -0.05) is 0 Å². The molecule has 0 aromatic heterocycles. The highest BCUT2D eigenvalue weighted by molar-refractivity contribution is 5.67. The van der Waals surface area contributed by atoms with Crippen molar-refractivity contribution in [1.29, 1.82) is 0 Å². The summed E-state index contributed by atoms with van der Waals surface area (Å²) < 4.78 is 68.2. The molecular formula is C11H14F4O6. The molecule has 5 atom stereocenters. The molecule has 1 fully saturated rings. The molecule has 1 aliphatic rings. The van der Waals surface area contributed by atoms with Crippen LogP contribution in [-0.2, 0) is 28.5 Å². The summed E-state index contributed by atoms with van der Waals surface area (Å²) in [4.78, 5) is 21.9. The van der Waals surface area contributed by atoms with Crippen molar-refractivity contribution in [1.82, 2.24) is 0 Å². The lowest BCUT2D eigenvalue weighted by atomic mass is 10.0. The molecule has 0 bridgehead atoms. The van der Waals surface area contributed by atoms with E-state index < -0.39 is 49.1 Å². The van der Waals surface area contributed by atoms with Gasteiger partial charge in [0.2, 0.25) is 6.29 Å². The summed E-state index contributed by atoms with van der Waals surface area (Å²) >= 11 is 0. The van der Waals surface area contributed by atoms with Crippen LogP contribution >= 0.6 is 0 Å². The van der Waals surface area contributed by atoms with E-state index in [2.05, 4.69) is 9.47 Å². The molecular weight excluding hydrogens is 304 g/mol. The monoisotopic (exact) mass is 318 g/mol. The van der Waals surface area contributed by atoms with E-state index in [4.69, 9.17) is 9.47 Å². The van der Waals surface area contributed by atoms with E-state index in [0.29, 0.717) is 0 Å². The maximum absolute atomic E-state index is 14.1. The Morgan fingerprint density at radius 1 is 1.05 bits per heavy atom. The second-order valence-corrected chi connectivity index (χ2v) is 4.37. The van der Waals surface area contributed by atoms with Crippen LogP contribution in [0.1, 0.15) is 20.8 Å². The molecule has 122 valence electrons. The van der Waals surface area contributed by atoms with Gasteiger partial charge in [0.1, 0.15) is 0 Å². The molecule has 0 spiro atoms. The number of esters is 2. The molecule has 0 N–H and O–H groups in total. The SMILES string of the molecule is CC(=O)O[C@@H]1[C@@H](OC(C)=O)[C@@H](F)[C@@H](OC(F)(F)F)O[C@H]1C. The van der Waals surface area contributed by atoms with Crippen LogP contribution in [0.4, 0.5) is 17.6 Å². The van der Waals surface area contributed by atoms with Crippen LogP contribution in [-0.4, -0.2) is 49.1 Å². The highest BCUT2D eigenvalue weighted by Crippen LogP contribution is 2.32. The second-order valence-electron chi connectivity index (χ2n) is 4.37. The third-order valence-electron chi connectivity index (χ3n) is 2.56. The molecule has 1 rings (SSSR count). The largest absolute Gasteiger partial charge is 0.524 e. The molecule has 10 heteroatoms. The standard InChI is InChI=1S/C11H14F4O6/c1-4-8(19-5(2)16)9(20-6(3)17)7(12)10(18-4)21-11(13,14)15/h4,7-10H,1-3H3/t4-,7+,8-,9-,10+/m0/s1. The fraction of sp³-hybridized carbons (Fsp3) is 0.818. The lowest BCUT2D eigenvalue weighted by Gasteiger charge is -2.40. The van der Waals surface area contributed by atoms with Crippen LogP contribution in [0.2, 0.25) is 0 Å². The zero-order valence-electron chi connectivity index (χ0n) is 11.3. The average Bonchev–Trinajstić information content (AvgIpc) is 2.27. The Labute approximate surface area is 117 Å². The molecule has 21 heavy (non-hydrogen) atoms. The van der Waals surface area contributed by atoms with Crippen molar-refractivity contribution in [3.63, 3.8) is 0 Å². The Bertz CT molecular complexity index is 399. The molecule has 0 aliphatic carbocycles. The highest BCUT2D eigenvalue weighted by atomic mass is 19.4. The summed E-state index contributed by atoms with van der Waals surface area (Å²) in [6.45, 7) is 3.20. The van der Waals surface area contributed by atoms with Crippen molar-refractivity contribution in [2.75, 3.05) is 0 Å². The summed E-state index contributed by atoms with van der Waals surface area (Å²) in [6.07, 6.45) is -14.2. The first-order valence-corrected chi connectivity index (χ1v) is 5.89. The predicted octanol–water partition coefficient (Wildman–Crippen LogP) is 1.47. The summed E-state index contributed by atoms with van der Waals surface area (Å²) in [6, 6.07) is 0. The lowest BCUT2D eigenvalue weighted by Crippen LogP contribution is -2.59. The van der Waals surface area contributed by atoms with Gasteiger partial charge in [0.05, 0.1) is 6.10 Å². The Kier molecular flexibility index (Phi) is 5.51. The summed E-state index contributed by atoms with van der Waals surface area (Å²) in [5, 5.41) is 0. The minimum Gasteiger partial charge on any atom is -0.456 e. The topological polar surface area (TPSA) is 71.1 Å². The maximum Gasteiger partial charge on any atom is 0.524 e. The number of alkyl halides is 4. The van der Waals surface area contributed by atoms with Gasteiger partial charge in [0.15, 0.2) is 18.4 Å². The van der Waals surface area contributed by atoms with Crippen molar-refractivity contribution < 1.29 is 46.1 Å². The molecule has 6 nitrogen and oxygen atoms in total. The van der Waals surface area contributed by atoms with E-state index in [1.807, 2.05) is 0 Å². The van der Waals surface area contributed by atoms with E-state index in [-0.39, 0.29) is 0 Å². The second kappa shape index (κ2) is 6.56. The molecule has 0 amide bonds. The third kappa shape index (κ3) is 5.12. The minimum absolute atomic E-state index is 0.824. The first kappa shape index (κ1) is 17.6. The molecule has 1 aliphatic heterocycles. The number of hydrogen-bond acceptors (Lipinski definition) is 6. The van der Waals surface area contributed by atoms with Gasteiger partial charge in [0, 0.05) is 13.8 Å². The van der Waals surface area contributed by atoms with Crippen LogP contribution in [0.15, 0.2) is 0 Å².